The molecule has 0 rings (SSSR count). The summed E-state index contributed by atoms with van der Waals surface area (Å²) < 4.78 is 45.2. The summed E-state index contributed by atoms with van der Waals surface area (Å²) >= 11 is 0. The average Bonchev–Trinajstić information content (AvgIpc) is 2.58. The van der Waals surface area contributed by atoms with Gasteiger partial charge >= 0.3 is 23.9 Å². The number of carbonyl (C=O) groups is 4. The molecular formula is C16H26O10. The SMILES string of the molecule is [2H]CO[C@@H]([C@H](OC[2H])[C@@H](COC(C)=O)OC(C)=O)[C@@H](COC(C)=O)OC(C)=O. The van der Waals surface area contributed by atoms with Gasteiger partial charge in [0.1, 0.15) is 25.4 Å². The van der Waals surface area contributed by atoms with Gasteiger partial charge in [0.05, 0.1) is 2.74 Å². The van der Waals surface area contributed by atoms with Gasteiger partial charge in [0, 0.05) is 41.9 Å². The van der Waals surface area contributed by atoms with Crippen LogP contribution in [0.25, 0.3) is 0 Å². The first-order valence-electron chi connectivity index (χ1n) is 8.96. The van der Waals surface area contributed by atoms with Crippen LogP contribution in [0.1, 0.15) is 30.4 Å². The van der Waals surface area contributed by atoms with Crippen molar-refractivity contribution in [1.82, 2.24) is 0 Å². The lowest BCUT2D eigenvalue weighted by Gasteiger charge is -2.34. The molecule has 10 heteroatoms. The van der Waals surface area contributed by atoms with Crippen LogP contribution in [-0.2, 0) is 47.6 Å². The van der Waals surface area contributed by atoms with E-state index in [1.165, 1.54) is 0 Å². The van der Waals surface area contributed by atoms with Crippen molar-refractivity contribution >= 4 is 23.9 Å². The molecule has 0 saturated heterocycles. The molecule has 0 fully saturated rings. The minimum absolute atomic E-state index is 0.433. The van der Waals surface area contributed by atoms with Crippen LogP contribution in [0.3, 0.4) is 0 Å². The monoisotopic (exact) mass is 380 g/mol. The van der Waals surface area contributed by atoms with Crippen LogP contribution in [0.2, 0.25) is 0 Å². The van der Waals surface area contributed by atoms with Gasteiger partial charge in [0.2, 0.25) is 0 Å². The van der Waals surface area contributed by atoms with E-state index in [2.05, 4.69) is 0 Å². The van der Waals surface area contributed by atoms with Gasteiger partial charge in [-0.2, -0.15) is 0 Å². The van der Waals surface area contributed by atoms with Gasteiger partial charge in [-0.3, -0.25) is 19.2 Å². The molecular weight excluding hydrogens is 352 g/mol. The summed E-state index contributed by atoms with van der Waals surface area (Å²) in [5.74, 6) is -2.78. The number of hydrogen-bond acceptors (Lipinski definition) is 10. The second-order valence-electron chi connectivity index (χ2n) is 5.16. The van der Waals surface area contributed by atoms with Gasteiger partial charge in [-0.15, -0.1) is 0 Å². The Morgan fingerprint density at radius 2 is 1.04 bits per heavy atom. The Labute approximate surface area is 154 Å². The largest absolute Gasteiger partial charge is 0.462 e. The van der Waals surface area contributed by atoms with E-state index in [0.29, 0.717) is 0 Å². The summed E-state index contributed by atoms with van der Waals surface area (Å²) in [6.07, 6.45) is -5.02. The minimum atomic E-state index is -1.27. The van der Waals surface area contributed by atoms with Crippen LogP contribution in [-0.4, -0.2) is 75.7 Å². The molecule has 0 amide bonds. The second-order valence-corrected chi connectivity index (χ2v) is 5.16. The highest BCUT2D eigenvalue weighted by atomic mass is 16.6. The number of rotatable bonds is 11. The lowest BCUT2D eigenvalue weighted by molar-refractivity contribution is -0.194. The predicted octanol–water partition coefficient (Wildman–Crippen LogP) is 0.00600. The first-order chi connectivity index (χ1) is 13.1. The summed E-state index contributed by atoms with van der Waals surface area (Å²) in [4.78, 5) is 45.2. The topological polar surface area (TPSA) is 124 Å². The van der Waals surface area contributed by atoms with Crippen molar-refractivity contribution in [2.24, 2.45) is 0 Å². The number of esters is 4. The summed E-state index contributed by atoms with van der Waals surface area (Å²) in [6.45, 7) is 3.65. The highest BCUT2D eigenvalue weighted by Crippen LogP contribution is 2.18. The van der Waals surface area contributed by atoms with Crippen molar-refractivity contribution in [1.29, 1.82) is 0 Å². The lowest BCUT2D eigenvalue weighted by atomic mass is 10.0. The molecule has 150 valence electrons. The standard InChI is InChI=1S/C16H26O10/c1-9(17)23-7-13(25-11(3)19)15(21-5)16(22-6)14(26-12(4)20)8-24-10(2)18/h13-16H,7-8H2,1-6H3/t13-,14-,15-,16-/m1/s1/i5D,6D. The molecule has 0 aliphatic carbocycles. The Balaban J connectivity index is 5.81. The van der Waals surface area contributed by atoms with Gasteiger partial charge in [0.25, 0.3) is 0 Å². The van der Waals surface area contributed by atoms with E-state index in [1.807, 2.05) is 0 Å². The highest BCUT2D eigenvalue weighted by Gasteiger charge is 2.40. The Morgan fingerprint density at radius 3 is 1.27 bits per heavy atom. The molecule has 0 aromatic rings. The van der Waals surface area contributed by atoms with E-state index in [4.69, 9.17) is 31.2 Å². The maximum atomic E-state index is 11.5. The molecule has 0 spiro atoms. The molecule has 0 saturated carbocycles. The maximum absolute atomic E-state index is 11.5. The molecule has 0 aliphatic rings. The summed E-state index contributed by atoms with van der Waals surface area (Å²) in [6, 6.07) is 0. The Bertz CT molecular complexity index is 482. The van der Waals surface area contributed by atoms with Gasteiger partial charge in [0.15, 0.2) is 12.2 Å². The van der Waals surface area contributed by atoms with Crippen LogP contribution < -0.4 is 0 Å². The van der Waals surface area contributed by atoms with Crippen LogP contribution in [0.5, 0.6) is 0 Å². The van der Waals surface area contributed by atoms with E-state index in [0.717, 1.165) is 27.7 Å². The molecule has 26 heavy (non-hydrogen) atoms. The quantitative estimate of drug-likeness (QED) is 0.357. The molecule has 0 aromatic heterocycles. The van der Waals surface area contributed by atoms with E-state index in [9.17, 15) is 19.2 Å². The van der Waals surface area contributed by atoms with Crippen molar-refractivity contribution in [3.8, 4) is 0 Å². The van der Waals surface area contributed by atoms with Crippen molar-refractivity contribution in [3.63, 3.8) is 0 Å². The third-order valence-electron chi connectivity index (χ3n) is 2.98. The van der Waals surface area contributed by atoms with Crippen molar-refractivity contribution in [2.75, 3.05) is 27.4 Å². The molecule has 4 atom stereocenters. The second kappa shape index (κ2) is 12.2. The smallest absolute Gasteiger partial charge is 0.303 e. The Morgan fingerprint density at radius 1 is 0.692 bits per heavy atom. The third kappa shape index (κ3) is 9.33. The molecule has 0 radical (unpaired) electrons. The van der Waals surface area contributed by atoms with Gasteiger partial charge in [-0.1, -0.05) is 0 Å². The number of carbonyl (C=O) groups excluding carboxylic acids is 4. The molecule has 0 aliphatic heterocycles. The van der Waals surface area contributed by atoms with E-state index in [1.54, 1.807) is 0 Å². The minimum Gasteiger partial charge on any atom is -0.462 e. The van der Waals surface area contributed by atoms with E-state index >= 15 is 0 Å². The van der Waals surface area contributed by atoms with E-state index in [-0.39, 0.29) is 0 Å². The van der Waals surface area contributed by atoms with Crippen LogP contribution >= 0.6 is 0 Å². The summed E-state index contributed by atoms with van der Waals surface area (Å²) in [5.41, 5.74) is 0. The number of hydrogen-bond donors (Lipinski definition) is 0. The molecule has 0 unspecified atom stereocenters. The fraction of sp³-hybridized carbons (Fsp3) is 0.750. The zero-order valence-electron chi connectivity index (χ0n) is 17.2. The zero-order valence-corrected chi connectivity index (χ0v) is 15.2. The van der Waals surface area contributed by atoms with Crippen molar-refractivity contribution in [2.45, 2.75) is 52.1 Å². The predicted molar refractivity (Wildman–Crippen MR) is 86.0 cm³/mol. The maximum Gasteiger partial charge on any atom is 0.303 e. The Kier molecular flexibility index (Phi) is 9.44. The van der Waals surface area contributed by atoms with E-state index < -0.39 is 75.7 Å². The first kappa shape index (κ1) is 20.1. The normalized spacial score (nSPS) is 16.2. The van der Waals surface area contributed by atoms with Crippen LogP contribution in [0, 0.1) is 0 Å². The fourth-order valence-electron chi connectivity index (χ4n) is 2.04. The highest BCUT2D eigenvalue weighted by molar-refractivity contribution is 5.67. The summed E-state index contributed by atoms with van der Waals surface area (Å²) in [5, 5.41) is 0. The van der Waals surface area contributed by atoms with Crippen molar-refractivity contribution in [3.05, 3.63) is 0 Å². The molecule has 0 N–H and O–H groups in total. The van der Waals surface area contributed by atoms with Gasteiger partial charge < -0.3 is 28.4 Å². The van der Waals surface area contributed by atoms with Crippen molar-refractivity contribution < 1.29 is 50.3 Å². The van der Waals surface area contributed by atoms with Crippen LogP contribution in [0.15, 0.2) is 0 Å². The molecule has 10 nitrogen and oxygen atoms in total. The molecule has 0 bridgehead atoms. The summed E-state index contributed by atoms with van der Waals surface area (Å²) in [7, 11) is -1.22. The van der Waals surface area contributed by atoms with Gasteiger partial charge in [-0.25, -0.2) is 0 Å². The number of methoxy groups -OCH3 is 2. The molecule has 0 aromatic carbocycles. The zero-order chi connectivity index (χ0) is 21.7. The third-order valence-corrected chi connectivity index (χ3v) is 2.98. The van der Waals surface area contributed by atoms with Crippen LogP contribution in [0.4, 0.5) is 0 Å². The lowest BCUT2D eigenvalue weighted by Crippen LogP contribution is -2.52. The first-order valence-corrected chi connectivity index (χ1v) is 7.55. The van der Waals surface area contributed by atoms with Gasteiger partial charge in [-0.05, 0) is 0 Å². The Hall–Kier alpha value is -2.20. The number of ether oxygens (including phenoxy) is 6. The fourth-order valence-corrected chi connectivity index (χ4v) is 2.04. The molecule has 0 heterocycles. The average molecular weight is 380 g/mol.